The highest BCUT2D eigenvalue weighted by atomic mass is 35.5. The zero-order valence-corrected chi connectivity index (χ0v) is 23.1. The van der Waals surface area contributed by atoms with Crippen molar-refractivity contribution in [2.45, 2.75) is 13.2 Å². The second-order valence-corrected chi connectivity index (χ2v) is 9.83. The number of ketones is 1. The van der Waals surface area contributed by atoms with E-state index in [1.807, 2.05) is 97.1 Å². The van der Waals surface area contributed by atoms with Crippen molar-refractivity contribution in [1.29, 1.82) is 0 Å². The van der Waals surface area contributed by atoms with Gasteiger partial charge in [0, 0.05) is 27.2 Å². The number of rotatable bonds is 11. The molecule has 0 aliphatic heterocycles. The van der Waals surface area contributed by atoms with E-state index in [2.05, 4.69) is 0 Å². The molecule has 0 spiro atoms. The summed E-state index contributed by atoms with van der Waals surface area (Å²) in [5, 5.41) is 1.21. The molecule has 200 valence electrons. The second-order valence-electron chi connectivity index (χ2n) is 9.02. The summed E-state index contributed by atoms with van der Waals surface area (Å²) in [5.74, 6) is 1.30. The first kappa shape index (κ1) is 27.3. The molecule has 5 aromatic carbocycles. The molecule has 0 aliphatic rings. The van der Waals surface area contributed by atoms with Crippen LogP contribution in [0.1, 0.15) is 21.5 Å². The van der Waals surface area contributed by atoms with E-state index in [1.54, 1.807) is 24.3 Å². The van der Waals surface area contributed by atoms with E-state index in [9.17, 15) is 4.79 Å². The monoisotopic (exact) mass is 568 g/mol. The van der Waals surface area contributed by atoms with Gasteiger partial charge in [0.15, 0.2) is 6.61 Å². The summed E-state index contributed by atoms with van der Waals surface area (Å²) in [7, 11) is 0. The highest BCUT2D eigenvalue weighted by Crippen LogP contribution is 2.29. The molecule has 0 N–H and O–H groups in total. The van der Waals surface area contributed by atoms with Crippen LogP contribution in [0.2, 0.25) is 10.0 Å². The quantitative estimate of drug-likeness (QED) is 0.149. The molecule has 5 aromatic rings. The third-order valence-corrected chi connectivity index (χ3v) is 7.02. The Morgan fingerprint density at radius 2 is 1.10 bits per heavy atom. The Labute approximate surface area is 243 Å². The summed E-state index contributed by atoms with van der Waals surface area (Å²) in [6.07, 6.45) is 0. The van der Waals surface area contributed by atoms with Crippen molar-refractivity contribution in [2.75, 3.05) is 6.61 Å². The maximum absolute atomic E-state index is 13.3. The summed E-state index contributed by atoms with van der Waals surface area (Å²) < 4.78 is 17.9. The van der Waals surface area contributed by atoms with Crippen LogP contribution in [0.4, 0.5) is 0 Å². The molecule has 0 unspecified atom stereocenters. The van der Waals surface area contributed by atoms with Crippen LogP contribution in [-0.4, -0.2) is 12.4 Å². The molecule has 0 bridgehead atoms. The summed E-state index contributed by atoms with van der Waals surface area (Å²) in [6.45, 7) is 0.321. The fourth-order valence-electron chi connectivity index (χ4n) is 4.09. The number of benzene rings is 5. The van der Waals surface area contributed by atoms with Crippen molar-refractivity contribution in [1.82, 2.24) is 0 Å². The van der Waals surface area contributed by atoms with Crippen molar-refractivity contribution < 1.29 is 19.0 Å². The predicted molar refractivity (Wildman–Crippen MR) is 160 cm³/mol. The maximum atomic E-state index is 13.3. The minimum absolute atomic E-state index is 0.146. The fraction of sp³-hybridized carbons (Fsp3) is 0.0882. The molecule has 0 atom stereocenters. The van der Waals surface area contributed by atoms with E-state index in [4.69, 9.17) is 37.4 Å². The van der Waals surface area contributed by atoms with Gasteiger partial charge in [0.2, 0.25) is 5.78 Å². The molecule has 0 saturated carbocycles. The zero-order chi connectivity index (χ0) is 27.7. The van der Waals surface area contributed by atoms with Gasteiger partial charge in [0.05, 0.1) is 5.56 Å². The Kier molecular flexibility index (Phi) is 9.02. The van der Waals surface area contributed by atoms with Gasteiger partial charge in [-0.1, -0.05) is 102 Å². The molecule has 0 aliphatic carbocycles. The number of hydrogen-bond donors (Lipinski definition) is 0. The lowest BCUT2D eigenvalue weighted by atomic mass is 10.1. The van der Waals surface area contributed by atoms with Crippen molar-refractivity contribution in [2.24, 2.45) is 0 Å². The fourth-order valence-corrected chi connectivity index (χ4v) is 4.47. The Balaban J connectivity index is 1.30. The van der Waals surface area contributed by atoms with Crippen molar-refractivity contribution in [3.8, 4) is 28.4 Å². The molecule has 0 aromatic heterocycles. The summed E-state index contributed by atoms with van der Waals surface area (Å²) in [4.78, 5) is 13.3. The van der Waals surface area contributed by atoms with E-state index in [1.165, 1.54) is 0 Å². The van der Waals surface area contributed by atoms with E-state index in [0.717, 1.165) is 22.3 Å². The number of ether oxygens (including phenoxy) is 3. The van der Waals surface area contributed by atoms with Crippen LogP contribution in [0.5, 0.6) is 17.2 Å². The number of carbonyl (C=O) groups is 1. The van der Waals surface area contributed by atoms with Crippen molar-refractivity contribution in [3.05, 3.63) is 148 Å². The molecule has 6 heteroatoms. The van der Waals surface area contributed by atoms with Gasteiger partial charge in [0.25, 0.3) is 0 Å². The van der Waals surface area contributed by atoms with Crippen LogP contribution in [0.15, 0.2) is 121 Å². The third-order valence-electron chi connectivity index (χ3n) is 6.28. The van der Waals surface area contributed by atoms with Gasteiger partial charge in [-0.2, -0.15) is 0 Å². The number of halogens is 2. The Morgan fingerprint density at radius 3 is 1.75 bits per heavy atom. The first-order valence-corrected chi connectivity index (χ1v) is 13.5. The number of Topliss-reactive ketones (excluding diaryl/α,β-unsaturated/α-hetero) is 1. The molecule has 0 radical (unpaired) electrons. The highest BCUT2D eigenvalue weighted by Gasteiger charge is 2.16. The van der Waals surface area contributed by atoms with Crippen molar-refractivity contribution in [3.63, 3.8) is 0 Å². The minimum atomic E-state index is -0.223. The van der Waals surface area contributed by atoms with Crippen LogP contribution in [-0.2, 0) is 13.2 Å². The SMILES string of the molecule is O=C(COc1ccc(-c2ccccc2)cc1)c1ccc(OCc2ccccc2Cl)cc1OCc1ccccc1Cl. The van der Waals surface area contributed by atoms with Crippen LogP contribution in [0, 0.1) is 0 Å². The van der Waals surface area contributed by atoms with E-state index in [-0.39, 0.29) is 25.6 Å². The number of carbonyl (C=O) groups excluding carboxylic acids is 1. The smallest absolute Gasteiger partial charge is 0.203 e. The average molecular weight is 569 g/mol. The predicted octanol–water partition coefficient (Wildman–Crippen LogP) is 9.08. The topological polar surface area (TPSA) is 44.8 Å². The van der Waals surface area contributed by atoms with E-state index >= 15 is 0 Å². The molecule has 0 amide bonds. The third kappa shape index (κ3) is 7.03. The van der Waals surface area contributed by atoms with Gasteiger partial charge in [0.1, 0.15) is 30.5 Å². The van der Waals surface area contributed by atoms with E-state index < -0.39 is 0 Å². The Hall–Kier alpha value is -4.25. The normalized spacial score (nSPS) is 10.7. The van der Waals surface area contributed by atoms with Gasteiger partial charge in [-0.3, -0.25) is 4.79 Å². The van der Waals surface area contributed by atoms with Crippen molar-refractivity contribution >= 4 is 29.0 Å². The number of hydrogen-bond acceptors (Lipinski definition) is 4. The van der Waals surface area contributed by atoms with Crippen LogP contribution >= 0.6 is 23.2 Å². The first-order chi connectivity index (χ1) is 19.6. The van der Waals surface area contributed by atoms with Gasteiger partial charge in [-0.05, 0) is 47.5 Å². The van der Waals surface area contributed by atoms with Gasteiger partial charge in [-0.25, -0.2) is 0 Å². The summed E-state index contributed by atoms with van der Waals surface area (Å²) in [5.41, 5.74) is 4.23. The van der Waals surface area contributed by atoms with E-state index in [0.29, 0.717) is 32.9 Å². The minimum Gasteiger partial charge on any atom is -0.489 e. The average Bonchev–Trinajstić information content (AvgIpc) is 3.00. The molecule has 0 saturated heterocycles. The molecule has 40 heavy (non-hydrogen) atoms. The molecular formula is C34H26Cl2O4. The molecule has 0 fully saturated rings. The van der Waals surface area contributed by atoms with Gasteiger partial charge >= 0.3 is 0 Å². The van der Waals surface area contributed by atoms with Crippen LogP contribution in [0.3, 0.4) is 0 Å². The lowest BCUT2D eigenvalue weighted by Crippen LogP contribution is -2.13. The summed E-state index contributed by atoms with van der Waals surface area (Å²) in [6, 6.07) is 37.8. The molecule has 4 nitrogen and oxygen atoms in total. The maximum Gasteiger partial charge on any atom is 0.203 e. The van der Waals surface area contributed by atoms with Crippen LogP contribution in [0.25, 0.3) is 11.1 Å². The standard InChI is InChI=1S/C34H26Cl2O4/c35-31-12-6-4-10-26(31)21-38-29-18-19-30(34(20-29)40-22-27-11-5-7-13-32(27)36)33(37)23-39-28-16-14-25(15-17-28)24-8-2-1-3-9-24/h1-20H,21-23H2. The zero-order valence-electron chi connectivity index (χ0n) is 21.6. The summed E-state index contributed by atoms with van der Waals surface area (Å²) >= 11 is 12.6. The lowest BCUT2D eigenvalue weighted by molar-refractivity contribution is 0.0917. The molecule has 5 rings (SSSR count). The van der Waals surface area contributed by atoms with Crippen LogP contribution < -0.4 is 14.2 Å². The lowest BCUT2D eigenvalue weighted by Gasteiger charge is -2.15. The van der Waals surface area contributed by atoms with Gasteiger partial charge in [-0.15, -0.1) is 0 Å². The first-order valence-electron chi connectivity index (χ1n) is 12.7. The van der Waals surface area contributed by atoms with Gasteiger partial charge < -0.3 is 14.2 Å². The molecule has 0 heterocycles. The Bertz CT molecular complexity index is 1580. The Morgan fingerprint density at radius 1 is 0.550 bits per heavy atom. The largest absolute Gasteiger partial charge is 0.489 e. The molecular weight excluding hydrogens is 543 g/mol. The highest BCUT2D eigenvalue weighted by molar-refractivity contribution is 6.31. The second kappa shape index (κ2) is 13.2.